The first-order valence-electron chi connectivity index (χ1n) is 6.53. The predicted molar refractivity (Wildman–Crippen MR) is 73.7 cm³/mol. The van der Waals surface area contributed by atoms with Crippen molar-refractivity contribution < 1.29 is 0 Å². The van der Waals surface area contributed by atoms with E-state index >= 15 is 0 Å². The number of hydrogen-bond donors (Lipinski definition) is 2. The zero-order chi connectivity index (χ0) is 12.1. The van der Waals surface area contributed by atoms with E-state index in [2.05, 4.69) is 60.9 Å². The van der Waals surface area contributed by atoms with E-state index in [1.54, 1.807) is 0 Å². The van der Waals surface area contributed by atoms with Gasteiger partial charge in [0, 0.05) is 17.8 Å². The molecule has 2 rings (SSSR count). The first-order valence-corrected chi connectivity index (χ1v) is 6.53. The van der Waals surface area contributed by atoms with Crippen LogP contribution in [-0.4, -0.2) is 18.6 Å². The summed E-state index contributed by atoms with van der Waals surface area (Å²) in [5.74, 6) is 0. The van der Waals surface area contributed by atoms with Gasteiger partial charge in [0.2, 0.25) is 0 Å². The van der Waals surface area contributed by atoms with Crippen LogP contribution in [0.3, 0.4) is 0 Å². The van der Waals surface area contributed by atoms with Crippen LogP contribution in [0.4, 0.5) is 0 Å². The molecule has 2 heteroatoms. The summed E-state index contributed by atoms with van der Waals surface area (Å²) in [5, 5.41) is 7.17. The van der Waals surface area contributed by atoms with Crippen LogP contribution >= 0.6 is 0 Å². The topological polar surface area (TPSA) is 24.1 Å². The second kappa shape index (κ2) is 5.87. The van der Waals surface area contributed by atoms with Crippen molar-refractivity contribution in [2.24, 2.45) is 0 Å². The molecule has 0 aliphatic carbocycles. The lowest BCUT2D eigenvalue weighted by atomic mass is 10.1. The highest BCUT2D eigenvalue weighted by molar-refractivity contribution is 5.63. The van der Waals surface area contributed by atoms with Crippen LogP contribution in [-0.2, 0) is 0 Å². The molecule has 17 heavy (non-hydrogen) atoms. The Hall–Kier alpha value is -1.28. The Balaban J connectivity index is 2.01. The van der Waals surface area contributed by atoms with Gasteiger partial charge in [-0.15, -0.1) is 0 Å². The Morgan fingerprint density at radius 3 is 2.76 bits per heavy atom. The third-order valence-corrected chi connectivity index (χ3v) is 3.46. The van der Waals surface area contributed by atoms with Crippen LogP contribution < -0.4 is 10.6 Å². The van der Waals surface area contributed by atoms with E-state index in [0.29, 0.717) is 12.1 Å². The van der Waals surface area contributed by atoms with Gasteiger partial charge in [0.05, 0.1) is 0 Å². The van der Waals surface area contributed by atoms with Gasteiger partial charge >= 0.3 is 0 Å². The van der Waals surface area contributed by atoms with Crippen molar-refractivity contribution in [1.29, 1.82) is 0 Å². The van der Waals surface area contributed by atoms with Gasteiger partial charge in [0.25, 0.3) is 0 Å². The Morgan fingerprint density at radius 1 is 1.41 bits per heavy atom. The smallest absolute Gasteiger partial charge is 0.0386 e. The summed E-state index contributed by atoms with van der Waals surface area (Å²) < 4.78 is 0. The third kappa shape index (κ3) is 3.10. The van der Waals surface area contributed by atoms with Gasteiger partial charge in [-0.25, -0.2) is 0 Å². The fraction of sp³-hybridized carbons (Fsp3) is 0.467. The lowest BCUT2D eigenvalue weighted by Gasteiger charge is -2.23. The quantitative estimate of drug-likeness (QED) is 0.831. The lowest BCUT2D eigenvalue weighted by Crippen LogP contribution is -2.41. The van der Waals surface area contributed by atoms with Gasteiger partial charge < -0.3 is 10.6 Å². The molecule has 2 nitrogen and oxygen atoms in total. The van der Waals surface area contributed by atoms with Gasteiger partial charge in [-0.3, -0.25) is 0 Å². The van der Waals surface area contributed by atoms with Crippen molar-refractivity contribution in [2.75, 3.05) is 6.54 Å². The average Bonchev–Trinajstić information content (AvgIpc) is 2.90. The molecule has 1 saturated heterocycles. The maximum atomic E-state index is 3.62. The van der Waals surface area contributed by atoms with Gasteiger partial charge in [-0.05, 0) is 38.8 Å². The Bertz CT molecular complexity index is 364. The van der Waals surface area contributed by atoms with E-state index in [4.69, 9.17) is 0 Å². The van der Waals surface area contributed by atoms with Crippen molar-refractivity contribution in [3.63, 3.8) is 0 Å². The minimum atomic E-state index is 0.476. The molecule has 1 unspecified atom stereocenters. The molecule has 2 N–H and O–H groups in total. The highest BCUT2D eigenvalue weighted by Gasteiger charge is 2.21. The summed E-state index contributed by atoms with van der Waals surface area (Å²) in [4.78, 5) is 0. The molecule has 92 valence electrons. The highest BCUT2D eigenvalue weighted by Crippen LogP contribution is 2.15. The van der Waals surface area contributed by atoms with Gasteiger partial charge in [0.15, 0.2) is 0 Å². The molecule has 0 amide bonds. The summed E-state index contributed by atoms with van der Waals surface area (Å²) in [6.45, 7) is 5.51. The second-order valence-corrected chi connectivity index (χ2v) is 4.70. The largest absolute Gasteiger partial charge is 0.381 e. The third-order valence-electron chi connectivity index (χ3n) is 3.46. The van der Waals surface area contributed by atoms with Gasteiger partial charge in [0.1, 0.15) is 0 Å². The Labute approximate surface area is 104 Å². The molecule has 0 spiro atoms. The molecule has 2 atom stereocenters. The van der Waals surface area contributed by atoms with Crippen molar-refractivity contribution in [3.05, 3.63) is 42.0 Å². The SMILES string of the molecule is C/C=C(\NC(C)[C@@H]1CCCN1)c1ccccc1. The van der Waals surface area contributed by atoms with E-state index in [1.807, 2.05) is 0 Å². The minimum Gasteiger partial charge on any atom is -0.381 e. The average molecular weight is 230 g/mol. The first-order chi connectivity index (χ1) is 8.31. The second-order valence-electron chi connectivity index (χ2n) is 4.70. The molecule has 1 aromatic rings. The molecule has 1 aliphatic rings. The van der Waals surface area contributed by atoms with Crippen LogP contribution in [0.5, 0.6) is 0 Å². The monoisotopic (exact) mass is 230 g/mol. The summed E-state index contributed by atoms with van der Waals surface area (Å²) in [6, 6.07) is 11.6. The molecule has 1 heterocycles. The zero-order valence-electron chi connectivity index (χ0n) is 10.7. The van der Waals surface area contributed by atoms with Crippen LogP contribution in [0.2, 0.25) is 0 Å². The number of nitrogens with one attached hydrogen (secondary N) is 2. The fourth-order valence-electron chi connectivity index (χ4n) is 2.44. The minimum absolute atomic E-state index is 0.476. The Morgan fingerprint density at radius 2 is 2.18 bits per heavy atom. The van der Waals surface area contributed by atoms with Crippen LogP contribution in [0.1, 0.15) is 32.3 Å². The Kier molecular flexibility index (Phi) is 4.21. The molecule has 0 radical (unpaired) electrons. The molecule has 0 aromatic heterocycles. The highest BCUT2D eigenvalue weighted by atomic mass is 15.0. The molecular weight excluding hydrogens is 208 g/mol. The first kappa shape index (κ1) is 12.2. The van der Waals surface area contributed by atoms with Crippen molar-refractivity contribution in [1.82, 2.24) is 10.6 Å². The van der Waals surface area contributed by atoms with Crippen molar-refractivity contribution >= 4 is 5.70 Å². The summed E-state index contributed by atoms with van der Waals surface area (Å²) >= 11 is 0. The van der Waals surface area contributed by atoms with Gasteiger partial charge in [-0.1, -0.05) is 36.4 Å². The molecule has 1 aromatic carbocycles. The normalized spacial score (nSPS) is 22.5. The van der Waals surface area contributed by atoms with Crippen LogP contribution in [0, 0.1) is 0 Å². The number of allylic oxidation sites excluding steroid dienone is 1. The van der Waals surface area contributed by atoms with E-state index < -0.39 is 0 Å². The van der Waals surface area contributed by atoms with Crippen LogP contribution in [0.25, 0.3) is 5.70 Å². The fourth-order valence-corrected chi connectivity index (χ4v) is 2.44. The maximum Gasteiger partial charge on any atom is 0.0386 e. The van der Waals surface area contributed by atoms with Crippen LogP contribution in [0.15, 0.2) is 36.4 Å². The zero-order valence-corrected chi connectivity index (χ0v) is 10.7. The summed E-state index contributed by atoms with van der Waals surface area (Å²) in [5.41, 5.74) is 2.49. The van der Waals surface area contributed by atoms with E-state index in [9.17, 15) is 0 Å². The maximum absolute atomic E-state index is 3.62. The van der Waals surface area contributed by atoms with Crippen molar-refractivity contribution in [2.45, 2.75) is 38.8 Å². The number of benzene rings is 1. The summed E-state index contributed by atoms with van der Waals surface area (Å²) in [7, 11) is 0. The molecule has 0 bridgehead atoms. The van der Waals surface area contributed by atoms with E-state index in [-0.39, 0.29) is 0 Å². The van der Waals surface area contributed by atoms with E-state index in [1.165, 1.54) is 24.1 Å². The molecular formula is C15H22N2. The molecule has 0 saturated carbocycles. The van der Waals surface area contributed by atoms with Crippen molar-refractivity contribution in [3.8, 4) is 0 Å². The number of rotatable bonds is 4. The number of hydrogen-bond acceptors (Lipinski definition) is 2. The predicted octanol–water partition coefficient (Wildman–Crippen LogP) is 2.78. The van der Waals surface area contributed by atoms with Gasteiger partial charge in [-0.2, -0.15) is 0 Å². The standard InChI is InChI=1S/C15H22N2/c1-3-14(13-8-5-4-6-9-13)17-12(2)15-10-7-11-16-15/h3-6,8-9,12,15-17H,7,10-11H2,1-2H3/b14-3-/t12?,15-/m0/s1. The van der Waals surface area contributed by atoms with E-state index in [0.717, 1.165) is 6.54 Å². The molecule has 1 fully saturated rings. The molecule has 1 aliphatic heterocycles. The summed E-state index contributed by atoms with van der Waals surface area (Å²) in [6.07, 6.45) is 4.73. The lowest BCUT2D eigenvalue weighted by molar-refractivity contribution is 0.473.